The van der Waals surface area contributed by atoms with Gasteiger partial charge in [0.25, 0.3) is 0 Å². The molecule has 1 aliphatic rings. The third-order valence-electron chi connectivity index (χ3n) is 2.47. The third-order valence-corrected chi connectivity index (χ3v) is 2.47. The fourth-order valence-corrected chi connectivity index (χ4v) is 1.55. The Balaban J connectivity index is 1.99. The number of nitrogens with one attached hydrogen (secondary N) is 1. The Bertz CT molecular complexity index is 420. The standard InChI is InChI=1S/C11H12F2N2O2/c12-9-2-1-8(7-10(9)13)17-11(16)15-5-3-14-4-6-15/h1-2,7,14H,3-6H2. The number of carbonyl (C=O) groups is 1. The van der Waals surface area contributed by atoms with Crippen molar-refractivity contribution in [2.24, 2.45) is 0 Å². The van der Waals surface area contributed by atoms with Gasteiger partial charge in [0.15, 0.2) is 11.6 Å². The van der Waals surface area contributed by atoms with Crippen LogP contribution in [0.15, 0.2) is 18.2 Å². The Hall–Kier alpha value is -1.69. The van der Waals surface area contributed by atoms with Crippen LogP contribution in [0, 0.1) is 11.6 Å². The van der Waals surface area contributed by atoms with Gasteiger partial charge in [0.1, 0.15) is 5.75 Å². The Morgan fingerprint density at radius 3 is 2.59 bits per heavy atom. The van der Waals surface area contributed by atoms with E-state index in [4.69, 9.17) is 4.74 Å². The van der Waals surface area contributed by atoms with Crippen molar-refractivity contribution < 1.29 is 18.3 Å². The second-order valence-corrected chi connectivity index (χ2v) is 3.68. The van der Waals surface area contributed by atoms with Crippen LogP contribution in [0.4, 0.5) is 13.6 Å². The second-order valence-electron chi connectivity index (χ2n) is 3.68. The first-order valence-electron chi connectivity index (χ1n) is 5.29. The van der Waals surface area contributed by atoms with Gasteiger partial charge in [-0.3, -0.25) is 0 Å². The first-order valence-corrected chi connectivity index (χ1v) is 5.29. The first-order chi connectivity index (χ1) is 8.16. The van der Waals surface area contributed by atoms with Crippen LogP contribution in [0.1, 0.15) is 0 Å². The Labute approximate surface area is 97.2 Å². The van der Waals surface area contributed by atoms with Crippen LogP contribution in [0.5, 0.6) is 5.75 Å². The van der Waals surface area contributed by atoms with Gasteiger partial charge >= 0.3 is 6.09 Å². The molecule has 17 heavy (non-hydrogen) atoms. The molecule has 1 aliphatic heterocycles. The van der Waals surface area contributed by atoms with Gasteiger partial charge in [0.05, 0.1) is 0 Å². The minimum atomic E-state index is -1.03. The summed E-state index contributed by atoms with van der Waals surface area (Å²) in [4.78, 5) is 13.1. The molecule has 0 radical (unpaired) electrons. The molecule has 0 aromatic heterocycles. The number of halogens is 2. The average Bonchev–Trinajstić information content (AvgIpc) is 2.35. The molecule has 1 heterocycles. The smallest absolute Gasteiger partial charge is 0.410 e. The molecular formula is C11H12F2N2O2. The zero-order valence-corrected chi connectivity index (χ0v) is 9.08. The van der Waals surface area contributed by atoms with E-state index in [1.807, 2.05) is 0 Å². The molecule has 1 amide bonds. The summed E-state index contributed by atoms with van der Waals surface area (Å²) >= 11 is 0. The molecular weight excluding hydrogens is 230 g/mol. The van der Waals surface area contributed by atoms with E-state index >= 15 is 0 Å². The van der Waals surface area contributed by atoms with Crippen LogP contribution in [0.2, 0.25) is 0 Å². The molecule has 0 unspecified atom stereocenters. The molecule has 0 bridgehead atoms. The van der Waals surface area contributed by atoms with Gasteiger partial charge in [-0.2, -0.15) is 0 Å². The zero-order valence-electron chi connectivity index (χ0n) is 9.08. The molecule has 0 saturated carbocycles. The van der Waals surface area contributed by atoms with Crippen LogP contribution in [-0.4, -0.2) is 37.2 Å². The third kappa shape index (κ3) is 2.91. The van der Waals surface area contributed by atoms with Gasteiger partial charge in [0, 0.05) is 32.2 Å². The van der Waals surface area contributed by atoms with Crippen LogP contribution < -0.4 is 10.1 Å². The quantitative estimate of drug-likeness (QED) is 0.808. The highest BCUT2D eigenvalue weighted by Gasteiger charge is 2.18. The predicted octanol–water partition coefficient (Wildman–Crippen LogP) is 1.37. The highest BCUT2D eigenvalue weighted by atomic mass is 19.2. The molecule has 1 saturated heterocycles. The van der Waals surface area contributed by atoms with Gasteiger partial charge in [0.2, 0.25) is 0 Å². The Morgan fingerprint density at radius 1 is 1.24 bits per heavy atom. The highest BCUT2D eigenvalue weighted by Crippen LogP contribution is 2.16. The lowest BCUT2D eigenvalue weighted by Gasteiger charge is -2.26. The van der Waals surface area contributed by atoms with Crippen molar-refractivity contribution in [3.63, 3.8) is 0 Å². The number of amides is 1. The molecule has 0 spiro atoms. The maximum atomic E-state index is 12.9. The summed E-state index contributed by atoms with van der Waals surface area (Å²) in [6.07, 6.45) is -0.544. The summed E-state index contributed by atoms with van der Waals surface area (Å²) in [6.45, 7) is 2.49. The maximum Gasteiger partial charge on any atom is 0.415 e. The summed E-state index contributed by atoms with van der Waals surface area (Å²) in [6, 6.07) is 3.00. The topological polar surface area (TPSA) is 41.6 Å². The van der Waals surface area contributed by atoms with Gasteiger partial charge in [-0.25, -0.2) is 13.6 Å². The zero-order chi connectivity index (χ0) is 12.3. The lowest BCUT2D eigenvalue weighted by atomic mass is 10.3. The number of ether oxygens (including phenoxy) is 1. The maximum absolute atomic E-state index is 12.9. The van der Waals surface area contributed by atoms with E-state index < -0.39 is 17.7 Å². The van der Waals surface area contributed by atoms with Crippen LogP contribution in [0.25, 0.3) is 0 Å². The number of nitrogens with zero attached hydrogens (tertiary/aromatic N) is 1. The Morgan fingerprint density at radius 2 is 1.94 bits per heavy atom. The lowest BCUT2D eigenvalue weighted by Crippen LogP contribution is -2.47. The molecule has 1 aromatic carbocycles. The largest absolute Gasteiger partial charge is 0.415 e. The lowest BCUT2D eigenvalue weighted by molar-refractivity contribution is 0.145. The summed E-state index contributed by atoms with van der Waals surface area (Å²) in [5, 5.41) is 3.09. The molecule has 4 nitrogen and oxygen atoms in total. The number of hydrogen-bond acceptors (Lipinski definition) is 3. The number of hydrogen-bond donors (Lipinski definition) is 1. The van der Waals surface area contributed by atoms with E-state index in [1.165, 1.54) is 11.0 Å². The number of carbonyl (C=O) groups excluding carboxylic acids is 1. The fraction of sp³-hybridized carbons (Fsp3) is 0.364. The van der Waals surface area contributed by atoms with Gasteiger partial charge < -0.3 is 15.0 Å². The summed E-state index contributed by atoms with van der Waals surface area (Å²) in [5.74, 6) is -1.99. The molecule has 1 aromatic rings. The number of piperazine rings is 1. The van der Waals surface area contributed by atoms with Crippen molar-refractivity contribution in [3.8, 4) is 5.75 Å². The van der Waals surface area contributed by atoms with Crippen LogP contribution in [0.3, 0.4) is 0 Å². The molecule has 6 heteroatoms. The first kappa shape index (κ1) is 11.8. The van der Waals surface area contributed by atoms with Crippen molar-refractivity contribution in [3.05, 3.63) is 29.8 Å². The van der Waals surface area contributed by atoms with Crippen LogP contribution in [-0.2, 0) is 0 Å². The van der Waals surface area contributed by atoms with Crippen molar-refractivity contribution in [1.82, 2.24) is 10.2 Å². The molecule has 0 aliphatic carbocycles. The predicted molar refractivity (Wildman–Crippen MR) is 56.8 cm³/mol. The molecule has 92 valence electrons. The van der Waals surface area contributed by atoms with E-state index in [-0.39, 0.29) is 5.75 Å². The minimum Gasteiger partial charge on any atom is -0.410 e. The monoisotopic (exact) mass is 242 g/mol. The number of rotatable bonds is 1. The summed E-state index contributed by atoms with van der Waals surface area (Å²) in [5.41, 5.74) is 0. The van der Waals surface area contributed by atoms with Crippen molar-refractivity contribution in [1.29, 1.82) is 0 Å². The number of benzene rings is 1. The van der Waals surface area contributed by atoms with Gasteiger partial charge in [-0.05, 0) is 12.1 Å². The summed E-state index contributed by atoms with van der Waals surface area (Å²) in [7, 11) is 0. The molecule has 0 atom stereocenters. The van der Waals surface area contributed by atoms with E-state index in [0.29, 0.717) is 26.2 Å². The van der Waals surface area contributed by atoms with E-state index in [0.717, 1.165) is 12.1 Å². The molecule has 2 rings (SSSR count). The normalized spacial score (nSPS) is 15.8. The summed E-state index contributed by atoms with van der Waals surface area (Å²) < 4.78 is 30.5. The molecule has 1 fully saturated rings. The van der Waals surface area contributed by atoms with Crippen molar-refractivity contribution >= 4 is 6.09 Å². The average molecular weight is 242 g/mol. The van der Waals surface area contributed by atoms with Crippen molar-refractivity contribution in [2.75, 3.05) is 26.2 Å². The van der Waals surface area contributed by atoms with E-state index in [9.17, 15) is 13.6 Å². The van der Waals surface area contributed by atoms with E-state index in [1.54, 1.807) is 0 Å². The Kier molecular flexibility index (Phi) is 3.53. The second kappa shape index (κ2) is 5.09. The molecule has 1 N–H and O–H groups in total. The fourth-order valence-electron chi connectivity index (χ4n) is 1.55. The van der Waals surface area contributed by atoms with Crippen LogP contribution >= 0.6 is 0 Å². The highest BCUT2D eigenvalue weighted by molar-refractivity contribution is 5.70. The van der Waals surface area contributed by atoms with Gasteiger partial charge in [-0.15, -0.1) is 0 Å². The van der Waals surface area contributed by atoms with Gasteiger partial charge in [-0.1, -0.05) is 0 Å². The van der Waals surface area contributed by atoms with Crippen molar-refractivity contribution in [2.45, 2.75) is 0 Å². The van der Waals surface area contributed by atoms with E-state index in [2.05, 4.69) is 5.32 Å². The minimum absolute atomic E-state index is 0.00688. The SMILES string of the molecule is O=C(Oc1ccc(F)c(F)c1)N1CCNCC1.